The highest BCUT2D eigenvalue weighted by molar-refractivity contribution is 7.89. The van der Waals surface area contributed by atoms with E-state index in [1.807, 2.05) is 13.0 Å². The van der Waals surface area contributed by atoms with Gasteiger partial charge in [-0.05, 0) is 75.1 Å². The Morgan fingerprint density at radius 1 is 0.758 bits per heavy atom. The van der Waals surface area contributed by atoms with E-state index in [1.54, 1.807) is 0 Å². The van der Waals surface area contributed by atoms with Gasteiger partial charge >= 0.3 is 0 Å². The third-order valence-electron chi connectivity index (χ3n) is 6.97. The molecule has 0 amide bonds. The number of piperidine rings is 1. The fraction of sp³-hybridized carbons (Fsp3) is 0.500. The first kappa shape index (κ1) is 24.2. The molecule has 2 aliphatic rings. The predicted molar refractivity (Wildman–Crippen MR) is 131 cm³/mol. The van der Waals surface area contributed by atoms with Gasteiger partial charge in [0.1, 0.15) is 0 Å². The van der Waals surface area contributed by atoms with Crippen LogP contribution in [0.3, 0.4) is 0 Å². The van der Waals surface area contributed by atoms with Crippen molar-refractivity contribution in [2.75, 3.05) is 37.6 Å². The lowest BCUT2D eigenvalue weighted by Crippen LogP contribution is -2.48. The van der Waals surface area contributed by atoms with Gasteiger partial charge in [-0.2, -0.15) is 8.61 Å². The summed E-state index contributed by atoms with van der Waals surface area (Å²) in [4.78, 5) is 2.51. The van der Waals surface area contributed by atoms with Crippen LogP contribution in [0, 0.1) is 13.8 Å². The largest absolute Gasteiger partial charge is 0.369 e. The Bertz CT molecular complexity index is 1200. The van der Waals surface area contributed by atoms with Crippen molar-refractivity contribution in [2.24, 2.45) is 0 Å². The van der Waals surface area contributed by atoms with Gasteiger partial charge in [-0.1, -0.05) is 18.6 Å². The maximum Gasteiger partial charge on any atom is 0.243 e. The molecule has 2 aromatic carbocycles. The quantitative estimate of drug-likeness (QED) is 0.641. The number of rotatable bonds is 5. The van der Waals surface area contributed by atoms with Crippen LogP contribution in [0.5, 0.6) is 0 Å². The molecule has 9 heteroatoms. The van der Waals surface area contributed by atoms with Crippen LogP contribution in [0.2, 0.25) is 0 Å². The Hall–Kier alpha value is -1.94. The van der Waals surface area contributed by atoms with E-state index < -0.39 is 20.0 Å². The molecule has 2 aromatic rings. The summed E-state index contributed by atoms with van der Waals surface area (Å²) >= 11 is 0. The second-order valence-corrected chi connectivity index (χ2v) is 12.9. The van der Waals surface area contributed by atoms with Crippen LogP contribution in [0.15, 0.2) is 52.3 Å². The number of benzene rings is 2. The Morgan fingerprint density at radius 3 is 1.97 bits per heavy atom. The molecular formula is C24H33N3O4S2. The maximum atomic E-state index is 13.2. The van der Waals surface area contributed by atoms with Gasteiger partial charge < -0.3 is 4.90 Å². The molecule has 0 saturated carbocycles. The standard InChI is InChI=1S/C24H33N3O4S2/c1-19-7-6-9-24(21(19)3)25-15-17-26(18-16-25)32(28,29)22-10-12-23(13-11-22)33(30,31)27-14-5-4-8-20(27)2/h6-7,9-13,20H,4-5,8,14-18H2,1-3H3/t20-/m1/s1. The van der Waals surface area contributed by atoms with Gasteiger partial charge in [0.05, 0.1) is 9.79 Å². The van der Waals surface area contributed by atoms with Crippen LogP contribution in [0.1, 0.15) is 37.3 Å². The van der Waals surface area contributed by atoms with Crippen molar-refractivity contribution in [1.82, 2.24) is 8.61 Å². The van der Waals surface area contributed by atoms with Gasteiger partial charge in [-0.25, -0.2) is 16.8 Å². The number of piperazine rings is 1. The van der Waals surface area contributed by atoms with E-state index in [9.17, 15) is 16.8 Å². The van der Waals surface area contributed by atoms with Gasteiger partial charge in [0.25, 0.3) is 0 Å². The third-order valence-corrected chi connectivity index (χ3v) is 10.9. The second-order valence-electron chi connectivity index (χ2n) is 9.04. The Labute approximate surface area is 198 Å². The number of aryl methyl sites for hydroxylation is 1. The monoisotopic (exact) mass is 491 g/mol. The summed E-state index contributed by atoms with van der Waals surface area (Å²) in [6.45, 7) is 8.61. The SMILES string of the molecule is Cc1cccc(N2CCN(S(=O)(=O)c3ccc(S(=O)(=O)N4CCCC[C@H]4C)cc3)CC2)c1C. The van der Waals surface area contributed by atoms with E-state index in [0.717, 1.165) is 24.9 Å². The van der Waals surface area contributed by atoms with Crippen molar-refractivity contribution in [3.8, 4) is 0 Å². The van der Waals surface area contributed by atoms with Gasteiger partial charge in [0, 0.05) is 44.5 Å². The zero-order valence-corrected chi connectivity index (χ0v) is 21.2. The van der Waals surface area contributed by atoms with Crippen LogP contribution in [0.4, 0.5) is 5.69 Å². The van der Waals surface area contributed by atoms with Gasteiger partial charge in [-0.3, -0.25) is 0 Å². The molecule has 0 aliphatic carbocycles. The first-order valence-corrected chi connectivity index (χ1v) is 14.4. The summed E-state index contributed by atoms with van der Waals surface area (Å²) in [6, 6.07) is 11.8. The van der Waals surface area contributed by atoms with Crippen LogP contribution in [-0.2, 0) is 20.0 Å². The van der Waals surface area contributed by atoms with Gasteiger partial charge in [0.2, 0.25) is 20.0 Å². The lowest BCUT2D eigenvalue weighted by atomic mass is 10.1. The van der Waals surface area contributed by atoms with Crippen molar-refractivity contribution in [1.29, 1.82) is 0 Å². The van der Waals surface area contributed by atoms with Crippen LogP contribution < -0.4 is 4.90 Å². The van der Waals surface area contributed by atoms with E-state index in [0.29, 0.717) is 32.7 Å². The smallest absolute Gasteiger partial charge is 0.243 e. The molecule has 0 radical (unpaired) electrons. The molecule has 4 rings (SSSR count). The number of hydrogen-bond donors (Lipinski definition) is 0. The van der Waals surface area contributed by atoms with Crippen LogP contribution >= 0.6 is 0 Å². The number of sulfonamides is 2. The Kier molecular flexibility index (Phi) is 6.87. The molecule has 2 aliphatic heterocycles. The highest BCUT2D eigenvalue weighted by Gasteiger charge is 2.32. The Balaban J connectivity index is 1.48. The molecule has 1 atom stereocenters. The van der Waals surface area contributed by atoms with Crippen molar-refractivity contribution in [2.45, 2.75) is 55.9 Å². The van der Waals surface area contributed by atoms with Crippen molar-refractivity contribution in [3.05, 3.63) is 53.6 Å². The predicted octanol–water partition coefficient (Wildman–Crippen LogP) is 3.38. The highest BCUT2D eigenvalue weighted by Crippen LogP contribution is 2.28. The van der Waals surface area contributed by atoms with E-state index in [2.05, 4.69) is 30.9 Å². The molecule has 7 nitrogen and oxygen atoms in total. The highest BCUT2D eigenvalue weighted by atomic mass is 32.2. The summed E-state index contributed by atoms with van der Waals surface area (Å²) in [5, 5.41) is 0. The number of hydrogen-bond acceptors (Lipinski definition) is 5. The molecule has 0 N–H and O–H groups in total. The number of nitrogens with zero attached hydrogens (tertiary/aromatic N) is 3. The first-order chi connectivity index (χ1) is 15.6. The minimum atomic E-state index is -3.69. The average Bonchev–Trinajstić information content (AvgIpc) is 2.81. The summed E-state index contributed by atoms with van der Waals surface area (Å²) in [5.41, 5.74) is 3.58. The minimum absolute atomic E-state index is 0.0412. The summed E-state index contributed by atoms with van der Waals surface area (Å²) < 4.78 is 55.5. The first-order valence-electron chi connectivity index (χ1n) is 11.6. The fourth-order valence-electron chi connectivity index (χ4n) is 4.74. The summed E-state index contributed by atoms with van der Waals surface area (Å²) in [7, 11) is -7.31. The van der Waals surface area contributed by atoms with Gasteiger partial charge in [0.15, 0.2) is 0 Å². The normalized spacial score (nSPS) is 21.3. The molecule has 0 aromatic heterocycles. The minimum Gasteiger partial charge on any atom is -0.369 e. The molecule has 0 unspecified atom stereocenters. The molecule has 0 spiro atoms. The van der Waals surface area contributed by atoms with E-state index in [1.165, 1.54) is 44.0 Å². The van der Waals surface area contributed by atoms with Crippen molar-refractivity contribution in [3.63, 3.8) is 0 Å². The lowest BCUT2D eigenvalue weighted by Gasteiger charge is -2.36. The topological polar surface area (TPSA) is 78.0 Å². The van der Waals surface area contributed by atoms with E-state index in [4.69, 9.17) is 0 Å². The molecular weight excluding hydrogens is 458 g/mol. The van der Waals surface area contributed by atoms with E-state index >= 15 is 0 Å². The molecule has 2 fully saturated rings. The zero-order valence-electron chi connectivity index (χ0n) is 19.6. The van der Waals surface area contributed by atoms with E-state index in [-0.39, 0.29) is 15.8 Å². The molecule has 0 bridgehead atoms. The Morgan fingerprint density at radius 2 is 1.36 bits per heavy atom. The summed E-state index contributed by atoms with van der Waals surface area (Å²) in [5.74, 6) is 0. The van der Waals surface area contributed by atoms with Crippen molar-refractivity contribution >= 4 is 25.7 Å². The van der Waals surface area contributed by atoms with Crippen molar-refractivity contribution < 1.29 is 16.8 Å². The van der Waals surface area contributed by atoms with Crippen LogP contribution in [-0.4, -0.2) is 64.2 Å². The molecule has 33 heavy (non-hydrogen) atoms. The molecule has 2 saturated heterocycles. The maximum absolute atomic E-state index is 13.2. The summed E-state index contributed by atoms with van der Waals surface area (Å²) in [6.07, 6.45) is 2.73. The third kappa shape index (κ3) is 4.69. The molecule has 180 valence electrons. The zero-order chi connectivity index (χ0) is 23.8. The lowest BCUT2D eigenvalue weighted by molar-refractivity contribution is 0.268. The molecule has 2 heterocycles. The second kappa shape index (κ2) is 9.37. The van der Waals surface area contributed by atoms with Gasteiger partial charge in [-0.15, -0.1) is 0 Å². The fourth-order valence-corrected chi connectivity index (χ4v) is 7.87. The van der Waals surface area contributed by atoms with Crippen LogP contribution in [0.25, 0.3) is 0 Å². The average molecular weight is 492 g/mol. The number of anilines is 1.